The minimum absolute atomic E-state index is 0.00557. The lowest BCUT2D eigenvalue weighted by molar-refractivity contribution is 0.0691. The van der Waals surface area contributed by atoms with Gasteiger partial charge in [-0.25, -0.2) is 0 Å². The molecule has 0 radical (unpaired) electrons. The molecule has 6 heteroatoms. The van der Waals surface area contributed by atoms with Gasteiger partial charge >= 0.3 is 0 Å². The van der Waals surface area contributed by atoms with Crippen molar-refractivity contribution in [3.05, 3.63) is 52.2 Å². The third kappa shape index (κ3) is 4.51. The molecule has 0 saturated carbocycles. The number of carbonyl (C=O) groups is 2. The summed E-state index contributed by atoms with van der Waals surface area (Å²) in [6, 6.07) is 10.9. The van der Waals surface area contributed by atoms with Gasteiger partial charge in [-0.3, -0.25) is 9.59 Å². The first kappa shape index (κ1) is 18.6. The molecular weight excluding hydrogens is 346 g/mol. The minimum Gasteiger partial charge on any atom is -0.339 e. The van der Waals surface area contributed by atoms with Crippen LogP contribution >= 0.6 is 11.3 Å². The molecule has 1 aromatic carbocycles. The molecular formula is C20H25N3O2S. The highest BCUT2D eigenvalue weighted by atomic mass is 32.1. The molecule has 1 aliphatic heterocycles. The van der Waals surface area contributed by atoms with Gasteiger partial charge in [0, 0.05) is 13.1 Å². The number of piperidine rings is 1. The van der Waals surface area contributed by atoms with Crippen LogP contribution in [0.15, 0.2) is 41.8 Å². The Morgan fingerprint density at radius 1 is 1.15 bits per heavy atom. The van der Waals surface area contributed by atoms with E-state index in [0.717, 1.165) is 39.0 Å². The predicted molar refractivity (Wildman–Crippen MR) is 106 cm³/mol. The van der Waals surface area contributed by atoms with Crippen LogP contribution in [0.4, 0.5) is 5.69 Å². The van der Waals surface area contributed by atoms with Crippen molar-refractivity contribution >= 4 is 28.8 Å². The van der Waals surface area contributed by atoms with Crippen molar-refractivity contribution in [1.82, 2.24) is 10.2 Å². The average Bonchev–Trinajstić information content (AvgIpc) is 3.22. The Morgan fingerprint density at radius 3 is 2.62 bits per heavy atom. The van der Waals surface area contributed by atoms with E-state index in [4.69, 9.17) is 0 Å². The second kappa shape index (κ2) is 8.96. The molecule has 1 saturated heterocycles. The summed E-state index contributed by atoms with van der Waals surface area (Å²) in [6.07, 6.45) is 2.03. The number of benzene rings is 1. The first-order chi connectivity index (χ1) is 12.7. The number of para-hydroxylation sites is 1. The Hall–Kier alpha value is -2.18. The topological polar surface area (TPSA) is 61.4 Å². The summed E-state index contributed by atoms with van der Waals surface area (Å²) in [4.78, 5) is 27.8. The maximum Gasteiger partial charge on any atom is 0.265 e. The SMILES string of the molecule is CCNCC1CCN(C(=O)c2ccccc2NC(=O)c2cccs2)CC1. The Morgan fingerprint density at radius 2 is 1.92 bits per heavy atom. The molecule has 5 nitrogen and oxygen atoms in total. The van der Waals surface area contributed by atoms with Gasteiger partial charge in [-0.1, -0.05) is 25.1 Å². The van der Waals surface area contributed by atoms with E-state index in [0.29, 0.717) is 22.0 Å². The molecule has 1 aliphatic rings. The molecule has 2 amide bonds. The zero-order chi connectivity index (χ0) is 18.4. The van der Waals surface area contributed by atoms with Crippen LogP contribution in [0.2, 0.25) is 0 Å². The number of thiophene rings is 1. The van der Waals surface area contributed by atoms with E-state index >= 15 is 0 Å². The van der Waals surface area contributed by atoms with Crippen molar-refractivity contribution in [3.8, 4) is 0 Å². The smallest absolute Gasteiger partial charge is 0.265 e. The number of likely N-dealkylation sites (tertiary alicyclic amines) is 1. The monoisotopic (exact) mass is 371 g/mol. The van der Waals surface area contributed by atoms with E-state index < -0.39 is 0 Å². The Kier molecular flexibility index (Phi) is 6.41. The average molecular weight is 372 g/mol. The molecule has 0 bridgehead atoms. The third-order valence-electron chi connectivity index (χ3n) is 4.74. The quantitative estimate of drug-likeness (QED) is 0.817. The standard InChI is InChI=1S/C20H25N3O2S/c1-2-21-14-15-9-11-23(12-10-15)20(25)16-6-3-4-7-17(16)22-19(24)18-8-5-13-26-18/h3-8,13,15,21H,2,9-12,14H2,1H3,(H,22,24). The molecule has 3 rings (SSSR count). The van der Waals surface area contributed by atoms with Gasteiger partial charge in [0.25, 0.3) is 11.8 Å². The van der Waals surface area contributed by atoms with Crippen molar-refractivity contribution in [2.45, 2.75) is 19.8 Å². The van der Waals surface area contributed by atoms with Crippen LogP contribution in [0.5, 0.6) is 0 Å². The largest absolute Gasteiger partial charge is 0.339 e. The number of hydrogen-bond donors (Lipinski definition) is 2. The predicted octanol–water partition coefficient (Wildman–Crippen LogP) is 3.46. The molecule has 26 heavy (non-hydrogen) atoms. The van der Waals surface area contributed by atoms with Gasteiger partial charge < -0.3 is 15.5 Å². The first-order valence-electron chi connectivity index (χ1n) is 9.13. The molecule has 0 atom stereocenters. The van der Waals surface area contributed by atoms with E-state index in [2.05, 4.69) is 17.6 Å². The zero-order valence-corrected chi connectivity index (χ0v) is 15.8. The van der Waals surface area contributed by atoms with Crippen LogP contribution in [-0.2, 0) is 0 Å². The van der Waals surface area contributed by atoms with Crippen molar-refractivity contribution in [2.75, 3.05) is 31.5 Å². The van der Waals surface area contributed by atoms with Crippen molar-refractivity contribution < 1.29 is 9.59 Å². The molecule has 2 aromatic rings. The Balaban J connectivity index is 1.66. The van der Waals surface area contributed by atoms with Gasteiger partial charge in [0.05, 0.1) is 16.1 Å². The molecule has 0 spiro atoms. The number of nitrogens with one attached hydrogen (secondary N) is 2. The molecule has 1 aromatic heterocycles. The van der Waals surface area contributed by atoms with Crippen LogP contribution in [0.3, 0.4) is 0 Å². The van der Waals surface area contributed by atoms with Gasteiger partial charge in [-0.05, 0) is 55.4 Å². The molecule has 0 unspecified atom stereocenters. The van der Waals surface area contributed by atoms with Crippen LogP contribution in [0.1, 0.15) is 39.8 Å². The lowest BCUT2D eigenvalue weighted by Gasteiger charge is -2.32. The lowest BCUT2D eigenvalue weighted by atomic mass is 9.96. The van der Waals surface area contributed by atoms with Crippen molar-refractivity contribution in [2.24, 2.45) is 5.92 Å². The number of amides is 2. The number of carbonyl (C=O) groups excluding carboxylic acids is 2. The fraction of sp³-hybridized carbons (Fsp3) is 0.400. The fourth-order valence-electron chi connectivity index (χ4n) is 3.23. The van der Waals surface area contributed by atoms with Crippen LogP contribution in [0.25, 0.3) is 0 Å². The fourth-order valence-corrected chi connectivity index (χ4v) is 3.85. The normalized spacial score (nSPS) is 15.0. The Bertz CT molecular complexity index is 737. The summed E-state index contributed by atoms with van der Waals surface area (Å²) >= 11 is 1.39. The van der Waals surface area contributed by atoms with Gasteiger partial charge in [-0.2, -0.15) is 0 Å². The summed E-state index contributed by atoms with van der Waals surface area (Å²) in [5.41, 5.74) is 1.13. The van der Waals surface area contributed by atoms with Crippen LogP contribution < -0.4 is 10.6 Å². The maximum absolute atomic E-state index is 13.0. The van der Waals surface area contributed by atoms with Crippen molar-refractivity contribution in [1.29, 1.82) is 0 Å². The molecule has 138 valence electrons. The molecule has 2 N–H and O–H groups in total. The zero-order valence-electron chi connectivity index (χ0n) is 15.0. The van der Waals surface area contributed by atoms with Gasteiger partial charge in [0.15, 0.2) is 0 Å². The molecule has 0 aliphatic carbocycles. The summed E-state index contributed by atoms with van der Waals surface area (Å²) in [5.74, 6) is 0.450. The van der Waals surface area contributed by atoms with E-state index in [1.165, 1.54) is 11.3 Å². The van der Waals surface area contributed by atoms with E-state index in [1.54, 1.807) is 18.2 Å². The first-order valence-corrected chi connectivity index (χ1v) is 10.0. The van der Waals surface area contributed by atoms with E-state index in [-0.39, 0.29) is 11.8 Å². The maximum atomic E-state index is 13.0. The van der Waals surface area contributed by atoms with Gasteiger partial charge in [0.2, 0.25) is 0 Å². The number of nitrogens with zero attached hydrogens (tertiary/aromatic N) is 1. The second-order valence-corrected chi connectivity index (χ2v) is 7.47. The second-order valence-electron chi connectivity index (χ2n) is 6.52. The van der Waals surface area contributed by atoms with Gasteiger partial charge in [0.1, 0.15) is 0 Å². The highest BCUT2D eigenvalue weighted by Gasteiger charge is 2.25. The number of rotatable bonds is 6. The minimum atomic E-state index is -0.176. The molecule has 2 heterocycles. The summed E-state index contributed by atoms with van der Waals surface area (Å²) in [5, 5.41) is 8.14. The molecule has 1 fully saturated rings. The highest BCUT2D eigenvalue weighted by Crippen LogP contribution is 2.23. The Labute approximate surface area is 158 Å². The lowest BCUT2D eigenvalue weighted by Crippen LogP contribution is -2.41. The van der Waals surface area contributed by atoms with Crippen LogP contribution in [-0.4, -0.2) is 42.9 Å². The van der Waals surface area contributed by atoms with Crippen LogP contribution in [0, 0.1) is 5.92 Å². The van der Waals surface area contributed by atoms with Crippen molar-refractivity contribution in [3.63, 3.8) is 0 Å². The number of anilines is 1. The summed E-state index contributed by atoms with van der Waals surface area (Å²) in [6.45, 7) is 5.65. The van der Waals surface area contributed by atoms with E-state index in [9.17, 15) is 9.59 Å². The summed E-state index contributed by atoms with van der Waals surface area (Å²) < 4.78 is 0. The third-order valence-corrected chi connectivity index (χ3v) is 5.60. The van der Waals surface area contributed by atoms with Gasteiger partial charge in [-0.15, -0.1) is 11.3 Å². The van der Waals surface area contributed by atoms with E-state index in [1.807, 2.05) is 28.5 Å². The summed E-state index contributed by atoms with van der Waals surface area (Å²) in [7, 11) is 0. The highest BCUT2D eigenvalue weighted by molar-refractivity contribution is 7.12. The number of hydrogen-bond acceptors (Lipinski definition) is 4.